The van der Waals surface area contributed by atoms with Crippen LogP contribution in [0.4, 0.5) is 69.2 Å². The summed E-state index contributed by atoms with van der Waals surface area (Å²) in [5.41, 5.74) is 5.78. The van der Waals surface area contributed by atoms with Gasteiger partial charge in [-0.05, 0) is 44.0 Å². The molecule has 4 aromatic rings. The lowest BCUT2D eigenvalue weighted by atomic mass is 10.0. The zero-order valence-corrected chi connectivity index (χ0v) is 32.8. The molecule has 0 aromatic carbocycles. The van der Waals surface area contributed by atoms with Gasteiger partial charge in [0.15, 0.2) is 33.4 Å². The van der Waals surface area contributed by atoms with Crippen molar-refractivity contribution in [3.8, 4) is 0 Å². The molecule has 0 aliphatic carbocycles. The number of thiazole rings is 2. The Morgan fingerprint density at radius 3 is 1.61 bits per heavy atom. The summed E-state index contributed by atoms with van der Waals surface area (Å²) in [6.45, 7) is 4.80. The van der Waals surface area contributed by atoms with Crippen LogP contribution in [0.1, 0.15) is 54.1 Å². The minimum absolute atomic E-state index is 0.0148. The normalized spacial score (nSPS) is 18.7. The Hall–Kier alpha value is -5.62. The summed E-state index contributed by atoms with van der Waals surface area (Å²) >= 11 is 2.60. The number of fused-ring (bicyclic) bond motifs is 8. The molecule has 316 valence electrons. The van der Waals surface area contributed by atoms with E-state index in [1.54, 1.807) is 40.2 Å². The number of hydrogen-bond acceptors (Lipinski definition) is 13. The zero-order chi connectivity index (χ0) is 42.8. The minimum atomic E-state index is -4.45. The van der Waals surface area contributed by atoms with Crippen molar-refractivity contribution in [3.05, 3.63) is 58.8 Å². The third-order valence-corrected chi connectivity index (χ3v) is 11.1. The van der Waals surface area contributed by atoms with Crippen LogP contribution in [0.25, 0.3) is 0 Å². The van der Waals surface area contributed by atoms with E-state index in [4.69, 9.17) is 5.11 Å². The molecule has 0 unspecified atom stereocenters. The number of anilines is 6. The highest BCUT2D eigenvalue weighted by Crippen LogP contribution is 2.41. The van der Waals surface area contributed by atoms with Gasteiger partial charge in [0.2, 0.25) is 0 Å². The van der Waals surface area contributed by atoms with E-state index in [0.717, 1.165) is 52.0 Å². The number of halogens is 6. The van der Waals surface area contributed by atoms with Gasteiger partial charge in [-0.15, -0.1) is 22.7 Å². The average Bonchev–Trinajstić information content (AvgIpc) is 4.01. The van der Waals surface area contributed by atoms with Crippen molar-refractivity contribution < 1.29 is 50.6 Å². The number of carbonyl (C=O) groups excluding carboxylic acids is 3. The van der Waals surface area contributed by atoms with Crippen molar-refractivity contribution in [3.63, 3.8) is 0 Å². The number of hydrogen-bond donors (Lipinski definition) is 4. The number of carbonyl (C=O) groups is 4. The average molecular weight is 870 g/mol. The fourth-order valence-corrected chi connectivity index (χ4v) is 7.63. The minimum Gasteiger partial charge on any atom is -0.477 e. The Labute approximate surface area is 340 Å². The van der Waals surface area contributed by atoms with Gasteiger partial charge < -0.3 is 20.6 Å². The Balaban J connectivity index is 0.000000174. The maximum absolute atomic E-state index is 12.9. The van der Waals surface area contributed by atoms with Crippen LogP contribution in [-0.4, -0.2) is 106 Å². The van der Waals surface area contributed by atoms with Crippen LogP contribution in [0.5, 0.6) is 0 Å². The number of pyridine rings is 2. The van der Waals surface area contributed by atoms with Gasteiger partial charge in [0.05, 0.1) is 35.4 Å². The number of carboxylic acids is 1. The predicted molar refractivity (Wildman–Crippen MR) is 208 cm³/mol. The number of ketones is 1. The summed E-state index contributed by atoms with van der Waals surface area (Å²) in [6, 6.07) is 3.67. The van der Waals surface area contributed by atoms with Crippen molar-refractivity contribution in [1.82, 2.24) is 19.9 Å². The first-order valence-corrected chi connectivity index (χ1v) is 19.7. The lowest BCUT2D eigenvalue weighted by molar-refractivity contribution is -0.168. The smallest absolute Gasteiger partial charge is 0.403 e. The van der Waals surface area contributed by atoms with Crippen molar-refractivity contribution in [1.29, 1.82) is 0 Å². The van der Waals surface area contributed by atoms with E-state index in [-0.39, 0.29) is 29.5 Å². The second kappa shape index (κ2) is 17.3. The molecule has 8 heterocycles. The van der Waals surface area contributed by atoms with Crippen LogP contribution in [0.3, 0.4) is 0 Å². The summed E-state index contributed by atoms with van der Waals surface area (Å²) in [6.07, 6.45) is -4.62. The van der Waals surface area contributed by atoms with Gasteiger partial charge in [-0.25, -0.2) is 34.3 Å². The molecule has 4 atom stereocenters. The van der Waals surface area contributed by atoms with Crippen molar-refractivity contribution >= 4 is 79.8 Å². The van der Waals surface area contributed by atoms with Crippen LogP contribution < -0.4 is 36.0 Å². The second-order valence-corrected chi connectivity index (χ2v) is 15.6. The molecule has 16 nitrogen and oxygen atoms in total. The molecule has 5 N–H and O–H groups in total. The van der Waals surface area contributed by atoms with Gasteiger partial charge in [-0.2, -0.15) is 26.3 Å². The molecule has 2 saturated heterocycles. The van der Waals surface area contributed by atoms with Gasteiger partial charge in [0.1, 0.15) is 5.69 Å². The molecule has 24 heteroatoms. The number of rotatable bonds is 6. The molecule has 0 spiro atoms. The molecule has 4 aliphatic heterocycles. The van der Waals surface area contributed by atoms with E-state index in [2.05, 4.69) is 46.1 Å². The van der Waals surface area contributed by atoms with Gasteiger partial charge in [-0.3, -0.25) is 25.2 Å². The Morgan fingerprint density at radius 1 is 0.780 bits per heavy atom. The number of aromatic carboxylic acids is 1. The van der Waals surface area contributed by atoms with Crippen LogP contribution in [-0.2, 0) is 0 Å². The number of carboxylic acid groups (broad SMARTS) is 1. The fraction of sp³-hybridized carbons (Fsp3) is 0.429. The van der Waals surface area contributed by atoms with Gasteiger partial charge in [0.25, 0.3) is 0 Å². The van der Waals surface area contributed by atoms with E-state index in [1.165, 1.54) is 39.7 Å². The molecule has 4 aliphatic rings. The molecule has 0 saturated carbocycles. The first kappa shape index (κ1) is 43.0. The van der Waals surface area contributed by atoms with Crippen LogP contribution in [0.2, 0.25) is 0 Å². The quantitative estimate of drug-likeness (QED) is 0.118. The first-order chi connectivity index (χ1) is 27.8. The number of urea groups is 2. The molecular formula is C35H37F6N11O5S2. The lowest BCUT2D eigenvalue weighted by Gasteiger charge is -2.35. The SMILES string of the molecule is C[C@@H](CC(=O)c1ccc2c(n1)N(C(=O)Nc1nccs1)[C@H]1CCN2C1)C(F)(F)F.C[C@@H](N)C(F)(F)F.O=C(O)c1ccc2c(n1)N(C(=O)Nc1nccs1)[C@H]1CCN2C1. The number of aromatic nitrogens is 4. The highest BCUT2D eigenvalue weighted by atomic mass is 32.1. The van der Waals surface area contributed by atoms with Gasteiger partial charge in [-0.1, -0.05) is 6.92 Å². The first-order valence-electron chi connectivity index (χ1n) is 18.0. The standard InChI is InChI=1S/C18H18F3N5O2S.C14H13N5O3S.C3H6F3N/c1-10(18(19,20)21)8-14(27)12-2-3-13-15(23-12)26(11-4-6-25(13)9-11)17(28)24-16-22-5-7-29-16;20-12(21)9-1-2-10-11(16-9)19(8-3-5-18(10)7-8)14(22)17-13-15-4-6-23-13;1-2(7)3(4,5)6/h2-3,5,7,10-11H,4,6,8-9H2,1H3,(H,22,24,28);1-2,4,6,8H,3,5,7H2,(H,20,21)(H,15,17,22);2H,7H2,1H3/t10-,11-;8-;2-/m001/s1. The maximum Gasteiger partial charge on any atom is 0.403 e. The van der Waals surface area contributed by atoms with Gasteiger partial charge >= 0.3 is 30.4 Å². The molecule has 8 rings (SSSR count). The van der Waals surface area contributed by atoms with E-state index in [1.807, 2.05) is 0 Å². The largest absolute Gasteiger partial charge is 0.477 e. The van der Waals surface area contributed by atoms with E-state index in [0.29, 0.717) is 34.1 Å². The highest BCUT2D eigenvalue weighted by Gasteiger charge is 2.43. The summed E-state index contributed by atoms with van der Waals surface area (Å²) < 4.78 is 71.6. The van der Waals surface area contributed by atoms with Crippen molar-refractivity contribution in [2.75, 3.05) is 56.4 Å². The molecule has 2 fully saturated rings. The number of nitrogens with one attached hydrogen (secondary N) is 2. The molecule has 4 amide bonds. The lowest BCUT2D eigenvalue weighted by Crippen LogP contribution is -2.48. The van der Waals surface area contributed by atoms with Crippen molar-refractivity contribution in [2.24, 2.45) is 11.7 Å². The predicted octanol–water partition coefficient (Wildman–Crippen LogP) is 6.70. The Kier molecular flexibility index (Phi) is 12.6. The second-order valence-electron chi connectivity index (χ2n) is 13.8. The summed E-state index contributed by atoms with van der Waals surface area (Å²) in [4.78, 5) is 73.0. The van der Waals surface area contributed by atoms with Crippen LogP contribution >= 0.6 is 22.7 Å². The third kappa shape index (κ3) is 9.82. The molecule has 4 bridgehead atoms. The summed E-state index contributed by atoms with van der Waals surface area (Å²) in [5, 5.41) is 19.1. The van der Waals surface area contributed by atoms with Gasteiger partial charge in [0, 0.05) is 55.8 Å². The van der Waals surface area contributed by atoms with Crippen LogP contribution in [0, 0.1) is 5.92 Å². The number of nitrogens with two attached hydrogens (primary N) is 1. The van der Waals surface area contributed by atoms with E-state index < -0.39 is 48.5 Å². The van der Waals surface area contributed by atoms with E-state index >= 15 is 0 Å². The Bertz CT molecular complexity index is 2160. The molecule has 0 radical (unpaired) electrons. The number of Topliss-reactive ketones (excluding diaryl/α,β-unsaturated/α-hetero) is 1. The topological polar surface area (TPSA) is 203 Å². The van der Waals surface area contributed by atoms with E-state index in [9.17, 15) is 45.5 Å². The number of amides is 4. The third-order valence-electron chi connectivity index (χ3n) is 9.71. The number of alkyl halides is 6. The molecule has 4 aromatic heterocycles. The zero-order valence-electron chi connectivity index (χ0n) is 31.2. The maximum atomic E-state index is 12.9. The monoisotopic (exact) mass is 869 g/mol. The Morgan fingerprint density at radius 2 is 1.22 bits per heavy atom. The fourth-order valence-electron chi connectivity index (χ4n) is 6.59. The number of nitrogens with zero attached hydrogens (tertiary/aromatic N) is 8. The highest BCUT2D eigenvalue weighted by molar-refractivity contribution is 7.14. The summed E-state index contributed by atoms with van der Waals surface area (Å²) in [5.74, 6) is -2.89. The van der Waals surface area contributed by atoms with Crippen molar-refractivity contribution in [2.45, 2.75) is 63.6 Å². The molecular weight excluding hydrogens is 833 g/mol. The summed E-state index contributed by atoms with van der Waals surface area (Å²) in [7, 11) is 0. The molecule has 59 heavy (non-hydrogen) atoms. The van der Waals surface area contributed by atoms with Crippen LogP contribution in [0.15, 0.2) is 47.4 Å².